The van der Waals surface area contributed by atoms with Crippen molar-refractivity contribution in [1.82, 2.24) is 43.6 Å². The molecule has 633 valence electrons. The van der Waals surface area contributed by atoms with E-state index in [1.54, 1.807) is 39.8 Å². The van der Waals surface area contributed by atoms with Crippen molar-refractivity contribution in [3.05, 3.63) is 273 Å². The van der Waals surface area contributed by atoms with Crippen LogP contribution in [0.15, 0.2) is 237 Å². The zero-order valence-corrected chi connectivity index (χ0v) is 79.6. The van der Waals surface area contributed by atoms with E-state index in [4.69, 9.17) is 15.3 Å². The third kappa shape index (κ3) is 25.3. The molecule has 15 nitrogen and oxygen atoms in total. The van der Waals surface area contributed by atoms with Crippen LogP contribution in [0.5, 0.6) is 0 Å². The van der Waals surface area contributed by atoms with E-state index in [2.05, 4.69) is 317 Å². The summed E-state index contributed by atoms with van der Waals surface area (Å²) >= 11 is 0. The molecule has 0 saturated carbocycles. The minimum Gasteiger partial charge on any atom is -0.393 e. The number of aliphatic hydroxyl groups is 6. The van der Waals surface area contributed by atoms with Gasteiger partial charge in [0, 0.05) is 128 Å². The van der Waals surface area contributed by atoms with Crippen LogP contribution in [-0.2, 0) is 71.1 Å². The molecule has 0 aliphatic carbocycles. The molecular weight excluding hydrogens is 2010 g/mol. The van der Waals surface area contributed by atoms with Crippen molar-refractivity contribution in [3.8, 4) is 50.8 Å². The summed E-state index contributed by atoms with van der Waals surface area (Å²) in [5, 5.41) is 62.3. The van der Waals surface area contributed by atoms with Crippen LogP contribution in [0.25, 0.3) is 116 Å². The van der Waals surface area contributed by atoms with E-state index in [0.29, 0.717) is 25.2 Å². The SMILES string of the molecule is CC(C)(C)C(O)CC(O)C(C)(C)C.CC(C)(C)c1cc(-c2[c-]cc3c(c2)c2ccccc2n3-c2ccccc2)ncn1.CC(C)(C)c1cc(-c2[c-]cc3c(c2)c2ccccc2n3-c2ccccc2)ncn1.CC(C)c1cc(-c2[c-]cc3c(c2)c2ccccc2n3-c2ccccc2)ncn1.CC(O)CC(C)O.CC(O)CC(O)C(C)(C)C.[Ir].[Ir].[Ir]. The molecule has 0 saturated heterocycles. The second-order valence-electron chi connectivity index (χ2n) is 36.0. The molecule has 119 heavy (non-hydrogen) atoms. The molecule has 6 N–H and O–H groups in total. The molecule has 3 radical (unpaired) electrons. The zero-order chi connectivity index (χ0) is 84.2. The Labute approximate surface area is 745 Å². The first-order valence-corrected chi connectivity index (χ1v) is 40.4. The van der Waals surface area contributed by atoms with Gasteiger partial charge in [0.1, 0.15) is 19.0 Å². The fourth-order valence-corrected chi connectivity index (χ4v) is 13.5. The van der Waals surface area contributed by atoms with Crippen molar-refractivity contribution < 1.29 is 91.0 Å². The van der Waals surface area contributed by atoms with Gasteiger partial charge in [-0.25, -0.2) is 15.0 Å². The topological polar surface area (TPSA) is 214 Å². The average molecular weight is 2130 g/mol. The van der Waals surface area contributed by atoms with E-state index >= 15 is 0 Å². The molecule has 18 heteroatoms. The molecule has 0 amide bonds. The molecule has 0 fully saturated rings. The largest absolute Gasteiger partial charge is 0.393 e. The van der Waals surface area contributed by atoms with Crippen LogP contribution in [0.2, 0.25) is 0 Å². The van der Waals surface area contributed by atoms with Crippen molar-refractivity contribution in [2.24, 2.45) is 16.2 Å². The Bertz CT molecular complexity index is 5480. The normalized spacial score (nSPS) is 13.2. The number of para-hydroxylation sites is 6. The zero-order valence-electron chi connectivity index (χ0n) is 72.4. The predicted molar refractivity (Wildman–Crippen MR) is 479 cm³/mol. The van der Waals surface area contributed by atoms with E-state index in [1.165, 1.54) is 48.9 Å². The van der Waals surface area contributed by atoms with Gasteiger partial charge in [-0.1, -0.05) is 261 Å². The van der Waals surface area contributed by atoms with Crippen molar-refractivity contribution in [2.45, 2.75) is 211 Å². The fourth-order valence-electron chi connectivity index (χ4n) is 13.5. The Morgan fingerprint density at radius 2 is 0.563 bits per heavy atom. The van der Waals surface area contributed by atoms with Gasteiger partial charge in [-0.05, 0) is 160 Å². The van der Waals surface area contributed by atoms with Crippen molar-refractivity contribution in [1.29, 1.82) is 0 Å². The Balaban J connectivity index is 0.000000208. The summed E-state index contributed by atoms with van der Waals surface area (Å²) in [5.41, 5.74) is 18.8. The van der Waals surface area contributed by atoms with Gasteiger partial charge in [-0.3, -0.25) is 15.0 Å². The standard InChI is InChI=1S/2C26H22N3.C25H20N3.C11H24O2.C8H18O2.C5H12O2.3Ir/c2*1-26(2,3)25-16-22(27-17-28-25)18-13-14-24-21(15-18)20-11-7-8-12-23(20)29(24)19-9-5-4-6-10-19;1-17(2)22-15-23(27-16-26-22)18-12-13-25-21(14-18)20-10-6-7-11-24(20)28(25)19-8-4-3-5-9-19;1-10(2,3)8(12)7-9(13)11(4,5)6;1-6(9)5-7(10)8(2,3)4;1-4(6)3-5(2)7;;;/h2*4-12,14-17H,1-3H3;3-11,13-17H,1-2H3;8-9,12-13H,7H2,1-6H3;6-7,9-10H,5H2,1-4H3;4-7H,3H2,1-2H3;;;/q3*-1;;;;;;. The third-order valence-corrected chi connectivity index (χ3v) is 20.5. The van der Waals surface area contributed by atoms with Gasteiger partial charge in [0.2, 0.25) is 0 Å². The molecule has 0 spiro atoms. The summed E-state index contributed by atoms with van der Waals surface area (Å²) in [4.78, 5) is 26.9. The van der Waals surface area contributed by atoms with Gasteiger partial charge in [0.05, 0.1) is 36.6 Å². The first-order valence-electron chi connectivity index (χ1n) is 40.4. The molecule has 0 aliphatic heterocycles. The van der Waals surface area contributed by atoms with Gasteiger partial charge in [-0.2, -0.15) is 0 Å². The average Bonchev–Trinajstić information content (AvgIpc) is 1.61. The molecule has 9 aromatic carbocycles. The summed E-state index contributed by atoms with van der Waals surface area (Å²) in [5.74, 6) is 0.366. The number of fused-ring (bicyclic) bond motifs is 9. The number of hydrogen-bond donors (Lipinski definition) is 6. The third-order valence-electron chi connectivity index (χ3n) is 20.5. The molecule has 15 rings (SSSR count). The fraction of sp³-hybridized carbons (Fsp3) is 0.347. The maximum atomic E-state index is 9.76. The molecule has 15 aromatic rings. The Morgan fingerprint density at radius 3 is 0.824 bits per heavy atom. The summed E-state index contributed by atoms with van der Waals surface area (Å²) in [6, 6.07) is 86.4. The predicted octanol–water partition coefficient (Wildman–Crippen LogP) is 22.3. The first kappa shape index (κ1) is 97.4. The van der Waals surface area contributed by atoms with E-state index in [9.17, 15) is 15.3 Å². The van der Waals surface area contributed by atoms with Crippen molar-refractivity contribution in [3.63, 3.8) is 0 Å². The van der Waals surface area contributed by atoms with Crippen molar-refractivity contribution in [2.75, 3.05) is 0 Å². The van der Waals surface area contributed by atoms with Crippen LogP contribution in [0.1, 0.15) is 181 Å². The summed E-state index contributed by atoms with van der Waals surface area (Å²) < 4.78 is 6.89. The molecule has 6 aromatic heterocycles. The number of nitrogens with zero attached hydrogens (tertiary/aromatic N) is 9. The number of rotatable bonds is 13. The summed E-state index contributed by atoms with van der Waals surface area (Å²) in [6.07, 6.45) is 3.89. The number of hydrogen-bond acceptors (Lipinski definition) is 12. The Morgan fingerprint density at radius 1 is 0.294 bits per heavy atom. The smallest absolute Gasteiger partial charge is 0.105 e. The first-order chi connectivity index (χ1) is 54.8. The number of aromatic nitrogens is 9. The van der Waals surface area contributed by atoms with E-state index in [0.717, 1.165) is 84.5 Å². The minimum absolute atomic E-state index is 0. The van der Waals surface area contributed by atoms with E-state index in [-0.39, 0.29) is 99.6 Å². The maximum Gasteiger partial charge on any atom is 0.105 e. The van der Waals surface area contributed by atoms with Gasteiger partial charge >= 0.3 is 0 Å². The van der Waals surface area contributed by atoms with Gasteiger partial charge in [0.25, 0.3) is 0 Å². The molecule has 0 bridgehead atoms. The monoisotopic (exact) mass is 2130 g/mol. The minimum atomic E-state index is -0.443. The molecule has 6 heterocycles. The molecule has 0 aliphatic rings. The Kier molecular flexibility index (Phi) is 34.6. The van der Waals surface area contributed by atoms with Crippen LogP contribution in [0, 0.1) is 34.4 Å². The number of aliphatic hydroxyl groups excluding tert-OH is 6. The number of benzene rings is 9. The van der Waals surface area contributed by atoms with Crippen LogP contribution < -0.4 is 0 Å². The van der Waals surface area contributed by atoms with E-state index in [1.807, 2.05) is 80.5 Å². The maximum absolute atomic E-state index is 9.76. The molecule has 6 unspecified atom stereocenters. The van der Waals surface area contributed by atoms with Crippen LogP contribution in [0.4, 0.5) is 0 Å². The van der Waals surface area contributed by atoms with Gasteiger partial charge < -0.3 is 44.3 Å². The van der Waals surface area contributed by atoms with Crippen LogP contribution in [-0.4, -0.2) is 111 Å². The van der Waals surface area contributed by atoms with Crippen LogP contribution in [0.3, 0.4) is 0 Å². The summed E-state index contributed by atoms with van der Waals surface area (Å²) in [7, 11) is 0. The second-order valence-corrected chi connectivity index (χ2v) is 36.0. The van der Waals surface area contributed by atoms with Gasteiger partial charge in [-0.15, -0.1) is 71.3 Å². The van der Waals surface area contributed by atoms with Crippen molar-refractivity contribution >= 4 is 65.4 Å². The molecular formula is C101H118Ir3N9O6-3. The second kappa shape index (κ2) is 42.2. The quantitative estimate of drug-likeness (QED) is 0.0595. The summed E-state index contributed by atoms with van der Waals surface area (Å²) in [6.45, 7) is 40.0. The Hall–Kier alpha value is -8.67. The van der Waals surface area contributed by atoms with Gasteiger partial charge in [0.15, 0.2) is 0 Å². The van der Waals surface area contributed by atoms with E-state index < -0.39 is 24.4 Å². The van der Waals surface area contributed by atoms with Crippen LogP contribution >= 0.6 is 0 Å². The molecule has 6 atom stereocenters.